The summed E-state index contributed by atoms with van der Waals surface area (Å²) in [5, 5.41) is 6.20. The highest BCUT2D eigenvalue weighted by Crippen LogP contribution is 2.27. The largest absolute Gasteiger partial charge is 0.485 e. The van der Waals surface area contributed by atoms with E-state index in [0.717, 1.165) is 31.4 Å². The third-order valence-electron chi connectivity index (χ3n) is 8.10. The summed E-state index contributed by atoms with van der Waals surface area (Å²) in [6.07, 6.45) is 16.0. The molecule has 2 N–H and O–H groups in total. The second-order valence-corrected chi connectivity index (χ2v) is 11.4. The summed E-state index contributed by atoms with van der Waals surface area (Å²) in [6, 6.07) is 1.20. The number of amides is 3. The van der Waals surface area contributed by atoms with Crippen LogP contribution >= 0.6 is 0 Å². The molecule has 0 bridgehead atoms. The SMILES string of the molecule is CC(C)c1cc(N2CCN(C(=O)NC3CCCCC3)C(C(=O)NCC3=CC=C4OCC=C4O3)C2)nc(-n2ccnc2)n1. The molecule has 12 heteroatoms. The van der Waals surface area contributed by atoms with Crippen molar-refractivity contribution in [3.63, 3.8) is 0 Å². The number of hydrogen-bond donors (Lipinski definition) is 2. The van der Waals surface area contributed by atoms with Crippen molar-refractivity contribution in [1.29, 1.82) is 0 Å². The number of piperazine rings is 1. The Hall–Kier alpha value is -4.35. The molecule has 1 unspecified atom stereocenters. The van der Waals surface area contributed by atoms with Crippen molar-refractivity contribution >= 4 is 17.8 Å². The Bertz CT molecular complexity index is 1390. The van der Waals surface area contributed by atoms with Crippen LogP contribution in [-0.4, -0.2) is 81.2 Å². The number of carbonyl (C=O) groups is 2. The summed E-state index contributed by atoms with van der Waals surface area (Å²) in [5.41, 5.74) is 0.890. The topological polar surface area (TPSA) is 127 Å². The van der Waals surface area contributed by atoms with E-state index in [1.807, 2.05) is 18.2 Å². The zero-order valence-corrected chi connectivity index (χ0v) is 24.2. The monoisotopic (exact) mass is 574 g/mol. The number of imidazole rings is 1. The van der Waals surface area contributed by atoms with Gasteiger partial charge in [0.25, 0.3) is 0 Å². The molecule has 3 amide bonds. The Morgan fingerprint density at radius 2 is 1.95 bits per heavy atom. The second-order valence-electron chi connectivity index (χ2n) is 11.4. The zero-order valence-electron chi connectivity index (χ0n) is 24.2. The molecule has 1 aliphatic carbocycles. The Balaban J connectivity index is 1.22. The van der Waals surface area contributed by atoms with E-state index in [1.54, 1.807) is 34.3 Å². The van der Waals surface area contributed by atoms with Gasteiger partial charge in [-0.05, 0) is 37.0 Å². The molecule has 4 aliphatic rings. The number of aromatic nitrogens is 4. The molecular formula is C30H38N8O4. The van der Waals surface area contributed by atoms with E-state index >= 15 is 0 Å². The Kier molecular flexibility index (Phi) is 8.11. The van der Waals surface area contributed by atoms with E-state index in [9.17, 15) is 9.59 Å². The molecule has 0 aromatic carbocycles. The smallest absolute Gasteiger partial charge is 0.318 e. The number of nitrogens with zero attached hydrogens (tertiary/aromatic N) is 6. The summed E-state index contributed by atoms with van der Waals surface area (Å²) in [4.78, 5) is 44.7. The fraction of sp³-hybridized carbons (Fsp3) is 0.500. The minimum Gasteiger partial charge on any atom is -0.485 e. The molecule has 12 nitrogen and oxygen atoms in total. The van der Waals surface area contributed by atoms with Crippen molar-refractivity contribution in [3.05, 3.63) is 66.0 Å². The molecule has 2 fully saturated rings. The summed E-state index contributed by atoms with van der Waals surface area (Å²) >= 11 is 0. The lowest BCUT2D eigenvalue weighted by molar-refractivity contribution is -0.125. The Morgan fingerprint density at radius 1 is 1.10 bits per heavy atom. The van der Waals surface area contributed by atoms with Gasteiger partial charge in [-0.25, -0.2) is 14.8 Å². The average molecular weight is 575 g/mol. The molecule has 2 aromatic heterocycles. The fourth-order valence-electron chi connectivity index (χ4n) is 5.69. The molecule has 222 valence electrons. The standard InChI is InChI=1S/C30H38N8O4/c1-20(2)23-16-27(35-29(34-23)37-12-11-31-19-37)36-13-14-38(30(40)33-21-6-4-3-5-7-21)24(18-36)28(39)32-17-22-8-9-25-26(42-22)10-15-41-25/h8-12,16,19-21,24H,3-7,13-15,17-18H2,1-2H3,(H,32,39)(H,33,40). The number of fused-ring (bicyclic) bond motifs is 1. The van der Waals surface area contributed by atoms with Crippen LogP contribution in [0.3, 0.4) is 0 Å². The van der Waals surface area contributed by atoms with Gasteiger partial charge in [0.1, 0.15) is 30.6 Å². The number of rotatable bonds is 7. The molecule has 0 radical (unpaired) electrons. The minimum atomic E-state index is -0.721. The number of nitrogens with one attached hydrogen (secondary N) is 2. The first-order valence-corrected chi connectivity index (χ1v) is 14.8. The summed E-state index contributed by atoms with van der Waals surface area (Å²) in [5.74, 6) is 3.13. The minimum absolute atomic E-state index is 0.143. The van der Waals surface area contributed by atoms with Crippen LogP contribution in [0.25, 0.3) is 5.95 Å². The van der Waals surface area contributed by atoms with Gasteiger partial charge < -0.3 is 29.9 Å². The number of ether oxygens (including phenoxy) is 2. The first-order valence-electron chi connectivity index (χ1n) is 14.8. The normalized spacial score (nSPS) is 20.6. The molecule has 3 aliphatic heterocycles. The highest BCUT2D eigenvalue weighted by molar-refractivity contribution is 5.88. The van der Waals surface area contributed by atoms with E-state index in [1.165, 1.54) is 6.42 Å². The van der Waals surface area contributed by atoms with Gasteiger partial charge >= 0.3 is 6.03 Å². The van der Waals surface area contributed by atoms with Crippen LogP contribution in [-0.2, 0) is 14.3 Å². The van der Waals surface area contributed by atoms with Gasteiger partial charge in [0.15, 0.2) is 11.5 Å². The number of allylic oxidation sites excluding steroid dienone is 2. The van der Waals surface area contributed by atoms with E-state index in [0.29, 0.717) is 55.3 Å². The second kappa shape index (κ2) is 12.3. The predicted octanol–water partition coefficient (Wildman–Crippen LogP) is 3.15. The maximum atomic E-state index is 13.7. The third kappa shape index (κ3) is 6.12. The summed E-state index contributed by atoms with van der Waals surface area (Å²) in [6.45, 7) is 6.06. The lowest BCUT2D eigenvalue weighted by atomic mass is 9.95. The van der Waals surface area contributed by atoms with Gasteiger partial charge in [-0.15, -0.1) is 0 Å². The van der Waals surface area contributed by atoms with Crippen LogP contribution in [0.15, 0.2) is 60.3 Å². The van der Waals surface area contributed by atoms with E-state index < -0.39 is 6.04 Å². The molecule has 1 saturated heterocycles. The summed E-state index contributed by atoms with van der Waals surface area (Å²) in [7, 11) is 0. The van der Waals surface area contributed by atoms with E-state index in [-0.39, 0.29) is 30.4 Å². The first-order chi connectivity index (χ1) is 20.4. The lowest BCUT2D eigenvalue weighted by Crippen LogP contribution is -2.63. The van der Waals surface area contributed by atoms with Crippen molar-refractivity contribution in [3.8, 4) is 5.95 Å². The van der Waals surface area contributed by atoms with Gasteiger partial charge in [-0.3, -0.25) is 9.36 Å². The molecule has 42 heavy (non-hydrogen) atoms. The number of urea groups is 1. The van der Waals surface area contributed by atoms with Crippen LogP contribution in [0.1, 0.15) is 57.6 Å². The van der Waals surface area contributed by atoms with Crippen molar-refractivity contribution in [2.45, 2.75) is 64.0 Å². The molecule has 0 spiro atoms. The predicted molar refractivity (Wildman–Crippen MR) is 156 cm³/mol. The number of carbonyl (C=O) groups excluding carboxylic acids is 2. The molecule has 1 saturated carbocycles. The highest BCUT2D eigenvalue weighted by Gasteiger charge is 2.37. The maximum absolute atomic E-state index is 13.7. The molecule has 6 rings (SSSR count). The molecule has 1 atom stereocenters. The van der Waals surface area contributed by atoms with Crippen molar-refractivity contribution in [2.24, 2.45) is 0 Å². The molecule has 5 heterocycles. The zero-order chi connectivity index (χ0) is 29.1. The fourth-order valence-corrected chi connectivity index (χ4v) is 5.69. The van der Waals surface area contributed by atoms with E-state index in [2.05, 4.69) is 34.4 Å². The van der Waals surface area contributed by atoms with Gasteiger partial charge in [-0.1, -0.05) is 33.1 Å². The number of hydrogen-bond acceptors (Lipinski definition) is 8. The quantitative estimate of drug-likeness (QED) is 0.517. The maximum Gasteiger partial charge on any atom is 0.318 e. The van der Waals surface area contributed by atoms with Gasteiger partial charge in [0, 0.05) is 44.1 Å². The average Bonchev–Trinajstić information content (AvgIpc) is 3.72. The molecule has 2 aromatic rings. The van der Waals surface area contributed by atoms with Gasteiger partial charge in [0.05, 0.1) is 12.2 Å². The third-order valence-corrected chi connectivity index (χ3v) is 8.10. The van der Waals surface area contributed by atoms with Crippen LogP contribution in [0, 0.1) is 0 Å². The summed E-state index contributed by atoms with van der Waals surface area (Å²) < 4.78 is 13.1. The Morgan fingerprint density at radius 3 is 2.74 bits per heavy atom. The van der Waals surface area contributed by atoms with Crippen LogP contribution < -0.4 is 15.5 Å². The van der Waals surface area contributed by atoms with Crippen LogP contribution in [0.2, 0.25) is 0 Å². The van der Waals surface area contributed by atoms with Gasteiger partial charge in [-0.2, -0.15) is 4.98 Å². The van der Waals surface area contributed by atoms with Gasteiger partial charge in [0.2, 0.25) is 11.9 Å². The number of anilines is 1. The van der Waals surface area contributed by atoms with Crippen molar-refractivity contribution in [1.82, 2.24) is 35.1 Å². The Labute approximate surface area is 245 Å². The van der Waals surface area contributed by atoms with Crippen molar-refractivity contribution in [2.75, 3.05) is 37.7 Å². The van der Waals surface area contributed by atoms with E-state index in [4.69, 9.17) is 19.4 Å². The lowest BCUT2D eigenvalue weighted by Gasteiger charge is -2.41. The van der Waals surface area contributed by atoms with Crippen LogP contribution in [0.5, 0.6) is 0 Å². The van der Waals surface area contributed by atoms with Crippen LogP contribution in [0.4, 0.5) is 10.6 Å². The van der Waals surface area contributed by atoms with Crippen molar-refractivity contribution < 1.29 is 19.1 Å². The first kappa shape index (κ1) is 27.8. The highest BCUT2D eigenvalue weighted by atomic mass is 16.5. The molecular weight excluding hydrogens is 536 g/mol.